The quantitative estimate of drug-likeness (QED) is 0.582. The second-order valence-electron chi connectivity index (χ2n) is 4.16. The molecule has 0 aromatic carbocycles. The van der Waals surface area contributed by atoms with Gasteiger partial charge in [0.2, 0.25) is 0 Å². The highest BCUT2D eigenvalue weighted by Gasteiger charge is 2.52. The molecule has 0 aromatic heterocycles. The predicted octanol–water partition coefficient (Wildman–Crippen LogP) is 2.85. The summed E-state index contributed by atoms with van der Waals surface area (Å²) in [4.78, 5) is 23.1. The molecule has 3 nitrogen and oxygen atoms in total. The molecule has 0 aromatic rings. The molecule has 0 amide bonds. The highest BCUT2D eigenvalue weighted by Crippen LogP contribution is 2.42. The summed E-state index contributed by atoms with van der Waals surface area (Å²) < 4.78 is 5.31. The average molecular weight is 265 g/mol. The number of esters is 1. The molecule has 5 heteroatoms. The lowest BCUT2D eigenvalue weighted by Gasteiger charge is -2.27. The monoisotopic (exact) mass is 264 g/mol. The molecular formula is C11H14Cl2O3. The van der Waals surface area contributed by atoms with E-state index in [0.717, 1.165) is 0 Å². The molecule has 90 valence electrons. The molecule has 1 saturated heterocycles. The highest BCUT2D eigenvalue weighted by atomic mass is 35.5. The lowest BCUT2D eigenvalue weighted by Crippen LogP contribution is -2.33. The molecule has 1 heterocycles. The van der Waals surface area contributed by atoms with Crippen molar-refractivity contribution < 1.29 is 14.3 Å². The van der Waals surface area contributed by atoms with Gasteiger partial charge in [-0.05, 0) is 26.3 Å². The molecule has 0 spiro atoms. The first-order chi connectivity index (χ1) is 7.31. The smallest absolute Gasteiger partial charge is 0.317 e. The van der Waals surface area contributed by atoms with Gasteiger partial charge >= 0.3 is 5.97 Å². The van der Waals surface area contributed by atoms with Crippen molar-refractivity contribution in [2.45, 2.75) is 32.8 Å². The Hall–Kier alpha value is -0.540. The molecule has 0 saturated carbocycles. The van der Waals surface area contributed by atoms with Crippen molar-refractivity contribution in [3.8, 4) is 0 Å². The summed E-state index contributed by atoms with van der Waals surface area (Å²) in [5.41, 5.74) is -0.706. The van der Waals surface area contributed by atoms with Crippen LogP contribution < -0.4 is 0 Å². The Morgan fingerprint density at radius 2 is 2.12 bits per heavy atom. The number of halogens is 2. The Morgan fingerprint density at radius 1 is 1.56 bits per heavy atom. The van der Waals surface area contributed by atoms with Gasteiger partial charge in [0.25, 0.3) is 0 Å². The van der Waals surface area contributed by atoms with Gasteiger partial charge in [-0.25, -0.2) is 0 Å². The van der Waals surface area contributed by atoms with Gasteiger partial charge < -0.3 is 4.74 Å². The van der Waals surface area contributed by atoms with Crippen molar-refractivity contribution in [2.24, 2.45) is 11.8 Å². The lowest BCUT2D eigenvalue weighted by atomic mass is 9.79. The van der Waals surface area contributed by atoms with Gasteiger partial charge in [-0.1, -0.05) is 30.1 Å². The average Bonchev–Trinajstić information content (AvgIpc) is 2.38. The van der Waals surface area contributed by atoms with E-state index in [1.54, 1.807) is 6.92 Å². The number of ether oxygens (including phenoxy) is 1. The lowest BCUT2D eigenvalue weighted by molar-refractivity contribution is -0.151. The zero-order chi connectivity index (χ0) is 12.5. The van der Waals surface area contributed by atoms with E-state index < -0.39 is 23.4 Å². The first kappa shape index (κ1) is 13.5. The number of carbonyl (C=O) groups is 2. The van der Waals surface area contributed by atoms with E-state index in [1.165, 1.54) is 13.0 Å². The largest absolute Gasteiger partial charge is 0.458 e. The van der Waals surface area contributed by atoms with Crippen LogP contribution in [0.3, 0.4) is 0 Å². The van der Waals surface area contributed by atoms with Gasteiger partial charge in [0, 0.05) is 5.92 Å². The van der Waals surface area contributed by atoms with Crippen molar-refractivity contribution in [1.82, 2.24) is 0 Å². The molecule has 0 radical (unpaired) electrons. The van der Waals surface area contributed by atoms with E-state index in [0.29, 0.717) is 6.42 Å². The molecule has 3 unspecified atom stereocenters. The molecule has 1 fully saturated rings. The Labute approximate surface area is 105 Å². The van der Waals surface area contributed by atoms with Crippen LogP contribution in [-0.2, 0) is 14.3 Å². The summed E-state index contributed by atoms with van der Waals surface area (Å²) in [6, 6.07) is 0. The molecule has 1 rings (SSSR count). The van der Waals surface area contributed by atoms with Crippen LogP contribution >= 0.6 is 23.2 Å². The van der Waals surface area contributed by atoms with E-state index in [1.807, 2.05) is 6.92 Å². The van der Waals surface area contributed by atoms with Crippen LogP contribution in [0.4, 0.5) is 0 Å². The Kier molecular flexibility index (Phi) is 4.02. The van der Waals surface area contributed by atoms with Gasteiger partial charge in [0.15, 0.2) is 0 Å². The number of carbonyl (C=O) groups excluding carboxylic acids is 2. The summed E-state index contributed by atoms with van der Waals surface area (Å²) in [6.07, 6.45) is 2.12. The summed E-state index contributed by atoms with van der Waals surface area (Å²) in [5, 5.41) is 0. The van der Waals surface area contributed by atoms with Crippen LogP contribution in [0, 0.1) is 11.8 Å². The molecule has 1 aliphatic rings. The molecular weight excluding hydrogens is 251 g/mol. The fraction of sp³-hybridized carbons (Fsp3) is 0.636. The van der Waals surface area contributed by atoms with E-state index in [4.69, 9.17) is 27.9 Å². The maximum Gasteiger partial charge on any atom is 0.317 e. The summed E-state index contributed by atoms with van der Waals surface area (Å²) in [6.45, 7) is 5.04. The van der Waals surface area contributed by atoms with E-state index in [2.05, 4.69) is 0 Å². The fourth-order valence-electron chi connectivity index (χ4n) is 2.00. The Morgan fingerprint density at radius 3 is 2.50 bits per heavy atom. The third kappa shape index (κ3) is 2.41. The minimum atomic E-state index is -0.794. The second kappa shape index (κ2) is 4.76. The molecule has 0 N–H and O–H groups in total. The molecule has 16 heavy (non-hydrogen) atoms. The van der Waals surface area contributed by atoms with Gasteiger partial charge in [-0.2, -0.15) is 0 Å². The van der Waals surface area contributed by atoms with Crippen molar-refractivity contribution in [3.05, 3.63) is 10.6 Å². The normalized spacial score (nSPS) is 33.4. The van der Waals surface area contributed by atoms with Crippen molar-refractivity contribution in [2.75, 3.05) is 0 Å². The Bertz CT molecular complexity index is 347. The predicted molar refractivity (Wildman–Crippen MR) is 62.2 cm³/mol. The highest BCUT2D eigenvalue weighted by molar-refractivity contribution is 6.55. The van der Waals surface area contributed by atoms with Crippen LogP contribution in [-0.4, -0.2) is 17.4 Å². The van der Waals surface area contributed by atoms with Crippen molar-refractivity contribution in [1.29, 1.82) is 0 Å². The number of Topliss-reactive ketones (excluding diaryl/α,β-unsaturated/α-hetero) is 1. The zero-order valence-electron chi connectivity index (χ0n) is 9.42. The van der Waals surface area contributed by atoms with Crippen LogP contribution in [0.1, 0.15) is 27.2 Å². The van der Waals surface area contributed by atoms with Gasteiger partial charge in [-0.3, -0.25) is 9.59 Å². The van der Waals surface area contributed by atoms with Gasteiger partial charge in [-0.15, -0.1) is 0 Å². The van der Waals surface area contributed by atoms with Crippen LogP contribution in [0.15, 0.2) is 10.6 Å². The maximum atomic E-state index is 11.6. The second-order valence-corrected chi connectivity index (χ2v) is 5.17. The zero-order valence-corrected chi connectivity index (χ0v) is 10.9. The number of hydrogen-bond donors (Lipinski definition) is 0. The maximum absolute atomic E-state index is 11.6. The van der Waals surface area contributed by atoms with E-state index in [9.17, 15) is 9.59 Å². The minimum Gasteiger partial charge on any atom is -0.458 e. The van der Waals surface area contributed by atoms with Crippen LogP contribution in [0.25, 0.3) is 0 Å². The molecule has 1 aliphatic heterocycles. The molecule has 0 aliphatic carbocycles. The summed E-state index contributed by atoms with van der Waals surface area (Å²) in [7, 11) is 0. The van der Waals surface area contributed by atoms with Gasteiger partial charge in [0.05, 0.1) is 0 Å². The first-order valence-electron chi connectivity index (χ1n) is 5.08. The fourth-order valence-corrected chi connectivity index (χ4v) is 2.27. The van der Waals surface area contributed by atoms with Crippen LogP contribution in [0.2, 0.25) is 0 Å². The number of rotatable bonds is 3. The van der Waals surface area contributed by atoms with E-state index in [-0.39, 0.29) is 10.3 Å². The molecule has 0 bridgehead atoms. The summed E-state index contributed by atoms with van der Waals surface area (Å²) >= 11 is 11.2. The minimum absolute atomic E-state index is 0.0502. The number of ketones is 1. The number of cyclic esters (lactones) is 1. The van der Waals surface area contributed by atoms with E-state index >= 15 is 0 Å². The SMILES string of the molecule is CCC1(C)OC(=O)C(C(C)=O)C1C=C(Cl)Cl. The molecule has 3 atom stereocenters. The third-order valence-electron chi connectivity index (χ3n) is 3.10. The summed E-state index contributed by atoms with van der Waals surface area (Å²) in [5.74, 6) is -1.91. The van der Waals surface area contributed by atoms with Gasteiger partial charge in [0.1, 0.15) is 21.8 Å². The first-order valence-corrected chi connectivity index (χ1v) is 5.83. The van der Waals surface area contributed by atoms with Crippen molar-refractivity contribution >= 4 is 35.0 Å². The third-order valence-corrected chi connectivity index (χ3v) is 3.35. The standard InChI is InChI=1S/C11H14Cl2O3/c1-4-11(3)7(5-8(12)13)9(6(2)14)10(15)16-11/h5,7,9H,4H2,1-3H3. The Balaban J connectivity index is 3.15. The number of hydrogen-bond acceptors (Lipinski definition) is 3. The van der Waals surface area contributed by atoms with Crippen molar-refractivity contribution in [3.63, 3.8) is 0 Å². The van der Waals surface area contributed by atoms with Crippen LogP contribution in [0.5, 0.6) is 0 Å². The topological polar surface area (TPSA) is 43.4 Å².